The molecule has 2 N–H and O–H groups in total. The Morgan fingerprint density at radius 2 is 2.15 bits per heavy atom. The first-order valence-corrected chi connectivity index (χ1v) is 8.87. The molecule has 1 aliphatic heterocycles. The summed E-state index contributed by atoms with van der Waals surface area (Å²) in [6, 6.07) is 8.05. The van der Waals surface area contributed by atoms with Crippen LogP contribution < -0.4 is 10.6 Å². The number of hydrogen-bond donors (Lipinski definition) is 2. The quantitative estimate of drug-likeness (QED) is 0.851. The lowest BCUT2D eigenvalue weighted by Gasteiger charge is -2.22. The molecule has 0 radical (unpaired) electrons. The van der Waals surface area contributed by atoms with E-state index in [4.69, 9.17) is 0 Å². The zero-order valence-electron chi connectivity index (χ0n) is 11.7. The van der Waals surface area contributed by atoms with Crippen molar-refractivity contribution in [1.29, 1.82) is 0 Å². The third-order valence-corrected chi connectivity index (χ3v) is 5.58. The molecule has 1 aromatic carbocycles. The first-order chi connectivity index (χ1) is 9.66. The van der Waals surface area contributed by atoms with E-state index in [0.717, 1.165) is 36.0 Å². The highest BCUT2D eigenvalue weighted by molar-refractivity contribution is 9.10. The lowest BCUT2D eigenvalue weighted by molar-refractivity contribution is -0.119. The van der Waals surface area contributed by atoms with Crippen molar-refractivity contribution in [2.45, 2.75) is 31.1 Å². The highest BCUT2D eigenvalue weighted by Gasteiger charge is 2.16. The molecule has 1 atom stereocenters. The van der Waals surface area contributed by atoms with Crippen LogP contribution in [-0.4, -0.2) is 30.0 Å². The van der Waals surface area contributed by atoms with Gasteiger partial charge in [-0.1, -0.05) is 34.1 Å². The maximum Gasteiger partial charge on any atom is 0.230 e. The number of carbonyl (C=O) groups excluding carboxylic acids is 1. The first-order valence-electron chi connectivity index (χ1n) is 7.03. The second kappa shape index (κ2) is 8.05. The Hall–Kier alpha value is -0.520. The topological polar surface area (TPSA) is 41.1 Å². The summed E-state index contributed by atoms with van der Waals surface area (Å²) >= 11 is 5.31. The number of benzene rings is 1. The van der Waals surface area contributed by atoms with Crippen LogP contribution in [0.2, 0.25) is 0 Å². The molecule has 0 saturated carbocycles. The van der Waals surface area contributed by atoms with Crippen molar-refractivity contribution in [3.63, 3.8) is 0 Å². The maximum absolute atomic E-state index is 12.0. The van der Waals surface area contributed by atoms with Gasteiger partial charge in [-0.3, -0.25) is 4.79 Å². The van der Waals surface area contributed by atoms with Crippen LogP contribution in [-0.2, 0) is 4.79 Å². The molecule has 0 bridgehead atoms. The van der Waals surface area contributed by atoms with E-state index < -0.39 is 0 Å². The van der Waals surface area contributed by atoms with Crippen LogP contribution in [0.25, 0.3) is 0 Å². The number of hydrogen-bond acceptors (Lipinski definition) is 3. The smallest absolute Gasteiger partial charge is 0.230 e. The summed E-state index contributed by atoms with van der Waals surface area (Å²) in [4.78, 5) is 12.0. The van der Waals surface area contributed by atoms with Crippen molar-refractivity contribution in [3.05, 3.63) is 34.3 Å². The Labute approximate surface area is 133 Å². The highest BCUT2D eigenvalue weighted by atomic mass is 79.9. The van der Waals surface area contributed by atoms with E-state index >= 15 is 0 Å². The van der Waals surface area contributed by atoms with E-state index in [1.54, 1.807) is 11.8 Å². The Balaban J connectivity index is 1.77. The van der Waals surface area contributed by atoms with Gasteiger partial charge in [0.2, 0.25) is 5.91 Å². The Morgan fingerprint density at radius 3 is 2.85 bits per heavy atom. The Morgan fingerprint density at radius 1 is 1.45 bits per heavy atom. The van der Waals surface area contributed by atoms with E-state index in [0.29, 0.717) is 11.0 Å². The van der Waals surface area contributed by atoms with Crippen molar-refractivity contribution in [2.75, 3.05) is 18.8 Å². The number of nitrogens with one attached hydrogen (secondary N) is 2. The van der Waals surface area contributed by atoms with Crippen LogP contribution in [0.3, 0.4) is 0 Å². The maximum atomic E-state index is 12.0. The Kier molecular flexibility index (Phi) is 6.39. The van der Waals surface area contributed by atoms with Gasteiger partial charge in [0, 0.05) is 9.72 Å². The molecule has 5 heteroatoms. The van der Waals surface area contributed by atoms with Crippen LogP contribution in [0.1, 0.15) is 31.4 Å². The average molecular weight is 357 g/mol. The van der Waals surface area contributed by atoms with E-state index in [9.17, 15) is 4.79 Å². The first kappa shape index (κ1) is 15.9. The summed E-state index contributed by atoms with van der Waals surface area (Å²) in [7, 11) is 0. The molecule has 1 saturated heterocycles. The van der Waals surface area contributed by atoms with Gasteiger partial charge in [0.15, 0.2) is 0 Å². The predicted molar refractivity (Wildman–Crippen MR) is 89.0 cm³/mol. The average Bonchev–Trinajstić information content (AvgIpc) is 2.46. The normalized spacial score (nSPS) is 17.7. The molecule has 110 valence electrons. The minimum atomic E-state index is 0.0340. The van der Waals surface area contributed by atoms with Gasteiger partial charge >= 0.3 is 0 Å². The summed E-state index contributed by atoms with van der Waals surface area (Å²) in [5, 5.41) is 7.04. The highest BCUT2D eigenvalue weighted by Crippen LogP contribution is 2.23. The molecule has 1 unspecified atom stereocenters. The fourth-order valence-electron chi connectivity index (χ4n) is 2.34. The molecule has 1 aromatic rings. The molecule has 20 heavy (non-hydrogen) atoms. The number of rotatable bonds is 5. The molecule has 0 aromatic heterocycles. The van der Waals surface area contributed by atoms with Gasteiger partial charge in [-0.2, -0.15) is 0 Å². The third kappa shape index (κ3) is 4.79. The van der Waals surface area contributed by atoms with Gasteiger partial charge in [-0.25, -0.2) is 0 Å². The molecule has 1 fully saturated rings. The predicted octanol–water partition coefficient (Wildman–Crippen LogP) is 3.11. The van der Waals surface area contributed by atoms with Gasteiger partial charge in [0.25, 0.3) is 0 Å². The summed E-state index contributed by atoms with van der Waals surface area (Å²) in [5.41, 5.74) is 1.12. The molecule has 1 amide bonds. The lowest BCUT2D eigenvalue weighted by Crippen LogP contribution is -2.32. The van der Waals surface area contributed by atoms with Gasteiger partial charge in [-0.05, 0) is 44.5 Å². The van der Waals surface area contributed by atoms with Gasteiger partial charge in [0.1, 0.15) is 0 Å². The summed E-state index contributed by atoms with van der Waals surface area (Å²) in [5.74, 6) is 0.677. The van der Waals surface area contributed by atoms with Crippen molar-refractivity contribution in [2.24, 2.45) is 0 Å². The zero-order valence-corrected chi connectivity index (χ0v) is 14.1. The molecule has 0 aliphatic carbocycles. The second-order valence-electron chi connectivity index (χ2n) is 5.07. The fourth-order valence-corrected chi connectivity index (χ4v) is 4.01. The fraction of sp³-hybridized carbons (Fsp3) is 0.533. The number of thioether (sulfide) groups is 1. The summed E-state index contributed by atoms with van der Waals surface area (Å²) in [6.07, 6.45) is 2.33. The Bertz CT molecular complexity index is 449. The van der Waals surface area contributed by atoms with Crippen LogP contribution in [0.15, 0.2) is 28.7 Å². The van der Waals surface area contributed by atoms with Gasteiger partial charge in [0.05, 0.1) is 11.8 Å². The number of piperidine rings is 1. The van der Waals surface area contributed by atoms with E-state index in [1.807, 2.05) is 31.2 Å². The standard InChI is InChI=1S/C15H21BrN2OS/c1-11(13-4-2-3-5-14(13)16)18-15(19)10-20-12-6-8-17-9-7-12/h2-5,11-12,17H,6-10H2,1H3,(H,18,19). The molecular weight excluding hydrogens is 336 g/mol. The lowest BCUT2D eigenvalue weighted by atomic mass is 10.1. The van der Waals surface area contributed by atoms with Gasteiger partial charge in [-0.15, -0.1) is 11.8 Å². The number of halogens is 1. The second-order valence-corrected chi connectivity index (χ2v) is 7.21. The van der Waals surface area contributed by atoms with E-state index in [2.05, 4.69) is 26.6 Å². The van der Waals surface area contributed by atoms with Crippen LogP contribution in [0, 0.1) is 0 Å². The van der Waals surface area contributed by atoms with Crippen LogP contribution >= 0.6 is 27.7 Å². The van der Waals surface area contributed by atoms with Crippen molar-refractivity contribution >= 4 is 33.6 Å². The molecule has 1 heterocycles. The molecule has 3 nitrogen and oxygen atoms in total. The van der Waals surface area contributed by atoms with E-state index in [-0.39, 0.29) is 11.9 Å². The van der Waals surface area contributed by atoms with Crippen molar-refractivity contribution in [1.82, 2.24) is 10.6 Å². The van der Waals surface area contributed by atoms with Crippen LogP contribution in [0.5, 0.6) is 0 Å². The largest absolute Gasteiger partial charge is 0.349 e. The molecule has 0 spiro atoms. The van der Waals surface area contributed by atoms with E-state index in [1.165, 1.54) is 0 Å². The molecular formula is C15H21BrN2OS. The summed E-state index contributed by atoms with van der Waals surface area (Å²) < 4.78 is 1.04. The minimum Gasteiger partial charge on any atom is -0.349 e. The number of carbonyl (C=O) groups is 1. The number of amides is 1. The monoisotopic (exact) mass is 356 g/mol. The SMILES string of the molecule is CC(NC(=O)CSC1CCNCC1)c1ccccc1Br. The third-order valence-electron chi connectivity index (χ3n) is 3.49. The van der Waals surface area contributed by atoms with Crippen molar-refractivity contribution < 1.29 is 4.79 Å². The zero-order chi connectivity index (χ0) is 14.4. The minimum absolute atomic E-state index is 0.0340. The molecule has 1 aliphatic rings. The summed E-state index contributed by atoms with van der Waals surface area (Å²) in [6.45, 7) is 4.17. The van der Waals surface area contributed by atoms with Crippen LogP contribution in [0.4, 0.5) is 0 Å². The van der Waals surface area contributed by atoms with Gasteiger partial charge < -0.3 is 10.6 Å². The van der Waals surface area contributed by atoms with Crippen molar-refractivity contribution in [3.8, 4) is 0 Å². The molecule has 2 rings (SSSR count).